The minimum Gasteiger partial charge on any atom is -0.482 e. The zero-order chi connectivity index (χ0) is 25.1. The molecule has 0 fully saturated rings. The number of hydrogen-bond donors (Lipinski definition) is 0. The van der Waals surface area contributed by atoms with Crippen molar-refractivity contribution >= 4 is 17.0 Å². The molecule has 2 aromatic carbocycles. The Kier molecular flexibility index (Phi) is 5.78. The van der Waals surface area contributed by atoms with Gasteiger partial charge in [-0.2, -0.15) is 0 Å². The lowest BCUT2D eigenvalue weighted by molar-refractivity contribution is 0.161. The SMILES string of the molecule is CC.CC[C@H]1c2c(c3c(c4c(-c5ccccc5)cc(=O)oc24)OC(C)(C)C=C3)C2C=C2[C@H](C)[C@H]1C. The first-order chi connectivity index (χ1) is 16.8. The molecule has 0 radical (unpaired) electrons. The molecule has 182 valence electrons. The summed E-state index contributed by atoms with van der Waals surface area (Å²) in [5.74, 6) is 2.44. The Bertz CT molecular complexity index is 1400. The van der Waals surface area contributed by atoms with Crippen molar-refractivity contribution < 1.29 is 9.15 Å². The molecule has 35 heavy (non-hydrogen) atoms. The van der Waals surface area contributed by atoms with E-state index >= 15 is 0 Å². The second-order valence-electron chi connectivity index (χ2n) is 10.5. The van der Waals surface area contributed by atoms with Crippen molar-refractivity contribution in [2.45, 2.75) is 72.3 Å². The van der Waals surface area contributed by atoms with Crippen LogP contribution in [0.15, 0.2) is 63.3 Å². The summed E-state index contributed by atoms with van der Waals surface area (Å²) in [7, 11) is 0. The van der Waals surface area contributed by atoms with Crippen molar-refractivity contribution in [3.63, 3.8) is 0 Å². The molecule has 3 aromatic rings. The number of hydrogen-bond acceptors (Lipinski definition) is 3. The van der Waals surface area contributed by atoms with E-state index in [1.807, 2.05) is 32.0 Å². The molecule has 3 nitrogen and oxygen atoms in total. The van der Waals surface area contributed by atoms with Crippen LogP contribution in [0.25, 0.3) is 28.2 Å². The smallest absolute Gasteiger partial charge is 0.336 e. The number of allylic oxidation sites excluding steroid dienone is 2. The van der Waals surface area contributed by atoms with E-state index in [4.69, 9.17) is 9.15 Å². The monoisotopic (exact) mass is 468 g/mol. The quantitative estimate of drug-likeness (QED) is 0.280. The maximum absolute atomic E-state index is 12.9. The van der Waals surface area contributed by atoms with Crippen LogP contribution in [-0.2, 0) is 0 Å². The van der Waals surface area contributed by atoms with E-state index in [1.54, 1.807) is 6.07 Å². The van der Waals surface area contributed by atoms with Crippen LogP contribution in [0.1, 0.15) is 83.4 Å². The molecule has 0 spiro atoms. The van der Waals surface area contributed by atoms with E-state index in [-0.39, 0.29) is 5.63 Å². The first kappa shape index (κ1) is 23.7. The van der Waals surface area contributed by atoms with Crippen molar-refractivity contribution in [3.05, 3.63) is 81.2 Å². The number of rotatable bonds is 2. The zero-order valence-electron chi connectivity index (χ0n) is 21.9. The van der Waals surface area contributed by atoms with Crippen molar-refractivity contribution in [1.29, 1.82) is 0 Å². The van der Waals surface area contributed by atoms with Crippen LogP contribution in [0.4, 0.5) is 0 Å². The summed E-state index contributed by atoms with van der Waals surface area (Å²) >= 11 is 0. The Morgan fingerprint density at radius 3 is 2.43 bits per heavy atom. The molecule has 3 aliphatic rings. The fourth-order valence-corrected chi connectivity index (χ4v) is 6.15. The van der Waals surface area contributed by atoms with Crippen LogP contribution in [0.2, 0.25) is 0 Å². The van der Waals surface area contributed by atoms with Crippen LogP contribution in [0, 0.1) is 11.8 Å². The van der Waals surface area contributed by atoms with Gasteiger partial charge >= 0.3 is 5.63 Å². The topological polar surface area (TPSA) is 39.4 Å². The van der Waals surface area contributed by atoms with Gasteiger partial charge in [0, 0.05) is 28.7 Å². The molecule has 2 heterocycles. The van der Waals surface area contributed by atoms with Gasteiger partial charge < -0.3 is 9.15 Å². The Morgan fingerprint density at radius 1 is 1.03 bits per heavy atom. The van der Waals surface area contributed by atoms with E-state index in [1.165, 1.54) is 16.7 Å². The fraction of sp³-hybridized carbons (Fsp3) is 0.406. The summed E-state index contributed by atoms with van der Waals surface area (Å²) in [6.07, 6.45) is 7.80. The molecule has 0 bridgehead atoms. The van der Waals surface area contributed by atoms with Crippen LogP contribution in [-0.4, -0.2) is 5.60 Å². The zero-order valence-corrected chi connectivity index (χ0v) is 21.9. The van der Waals surface area contributed by atoms with Crippen molar-refractivity contribution in [2.75, 3.05) is 0 Å². The highest BCUT2D eigenvalue weighted by atomic mass is 16.5. The lowest BCUT2D eigenvalue weighted by Crippen LogP contribution is -2.28. The van der Waals surface area contributed by atoms with Gasteiger partial charge in [0.1, 0.15) is 16.9 Å². The predicted molar refractivity (Wildman–Crippen MR) is 145 cm³/mol. The lowest BCUT2D eigenvalue weighted by Gasteiger charge is -2.33. The number of benzene rings is 2. The molecule has 4 atom stereocenters. The number of ether oxygens (including phenoxy) is 1. The van der Waals surface area contributed by atoms with Gasteiger partial charge in [0.25, 0.3) is 0 Å². The summed E-state index contributed by atoms with van der Waals surface area (Å²) in [4.78, 5) is 12.9. The Balaban J connectivity index is 0.00000124. The molecule has 1 aromatic heterocycles. The van der Waals surface area contributed by atoms with Gasteiger partial charge in [-0.3, -0.25) is 0 Å². The first-order valence-corrected chi connectivity index (χ1v) is 13.1. The van der Waals surface area contributed by atoms with Crippen molar-refractivity contribution in [2.24, 2.45) is 11.8 Å². The molecular weight excluding hydrogens is 432 g/mol. The predicted octanol–water partition coefficient (Wildman–Crippen LogP) is 8.47. The maximum Gasteiger partial charge on any atom is 0.336 e. The third kappa shape index (κ3) is 3.67. The molecule has 1 unspecified atom stereocenters. The lowest BCUT2D eigenvalue weighted by atomic mass is 9.76. The highest BCUT2D eigenvalue weighted by molar-refractivity contribution is 6.03. The van der Waals surface area contributed by atoms with E-state index in [0.29, 0.717) is 29.3 Å². The van der Waals surface area contributed by atoms with Crippen LogP contribution in [0.5, 0.6) is 5.75 Å². The Morgan fingerprint density at radius 2 is 1.74 bits per heavy atom. The molecule has 2 aliphatic carbocycles. The second-order valence-corrected chi connectivity index (χ2v) is 10.5. The van der Waals surface area contributed by atoms with Gasteiger partial charge in [-0.1, -0.05) is 82.7 Å². The van der Waals surface area contributed by atoms with E-state index in [2.05, 4.69) is 65.0 Å². The number of fused-ring (bicyclic) bond motifs is 8. The van der Waals surface area contributed by atoms with Gasteiger partial charge in [-0.15, -0.1) is 0 Å². The third-order valence-electron chi connectivity index (χ3n) is 8.04. The van der Waals surface area contributed by atoms with Gasteiger partial charge in [0.05, 0.1) is 5.39 Å². The summed E-state index contributed by atoms with van der Waals surface area (Å²) in [6, 6.07) is 11.8. The van der Waals surface area contributed by atoms with Gasteiger partial charge in [-0.25, -0.2) is 4.79 Å². The standard InChI is InChI=1S/C30H30O3.C2H6/c1-6-19-16(2)17(3)21-14-23(21)25-20-12-13-30(4,5)33-28(20)27-22(18-10-8-7-9-11-18)15-24(31)32-29(27)26(19)25;1-2/h7-17,19,23H,6H2,1-5H3;1-2H3/t16-,17-,19-,23?;/m1./s1. The van der Waals surface area contributed by atoms with Gasteiger partial charge in [0.15, 0.2) is 0 Å². The van der Waals surface area contributed by atoms with Crippen molar-refractivity contribution in [3.8, 4) is 16.9 Å². The van der Waals surface area contributed by atoms with Gasteiger partial charge in [-0.05, 0) is 55.2 Å². The van der Waals surface area contributed by atoms with Crippen LogP contribution >= 0.6 is 0 Å². The first-order valence-electron chi connectivity index (χ1n) is 13.1. The average Bonchev–Trinajstić information content (AvgIpc) is 3.65. The summed E-state index contributed by atoms with van der Waals surface area (Å²) < 4.78 is 12.8. The van der Waals surface area contributed by atoms with Crippen molar-refractivity contribution in [1.82, 2.24) is 0 Å². The Labute approximate surface area is 208 Å². The van der Waals surface area contributed by atoms with Crippen LogP contribution in [0.3, 0.4) is 0 Å². The minimum atomic E-state index is -0.437. The summed E-state index contributed by atoms with van der Waals surface area (Å²) in [5, 5.41) is 0.925. The molecule has 0 saturated carbocycles. The average molecular weight is 469 g/mol. The second kappa shape index (κ2) is 8.55. The molecule has 0 N–H and O–H groups in total. The largest absolute Gasteiger partial charge is 0.482 e. The molecule has 0 amide bonds. The van der Waals surface area contributed by atoms with E-state index in [0.717, 1.165) is 34.2 Å². The molecule has 0 saturated heterocycles. The summed E-state index contributed by atoms with van der Waals surface area (Å²) in [6.45, 7) is 15.1. The van der Waals surface area contributed by atoms with Crippen LogP contribution < -0.4 is 10.4 Å². The summed E-state index contributed by atoms with van der Waals surface area (Å²) in [5.41, 5.74) is 7.02. The highest BCUT2D eigenvalue weighted by Gasteiger charge is 2.45. The van der Waals surface area contributed by atoms with Gasteiger partial charge in [0.2, 0.25) is 0 Å². The molecule has 3 heteroatoms. The minimum absolute atomic E-state index is 0.308. The maximum atomic E-state index is 12.9. The third-order valence-corrected chi connectivity index (χ3v) is 8.04. The molecular formula is C32H36O3. The fourth-order valence-electron chi connectivity index (χ4n) is 6.15. The highest BCUT2D eigenvalue weighted by Crippen LogP contribution is 2.60. The van der Waals surface area contributed by atoms with E-state index < -0.39 is 5.60 Å². The molecule has 6 rings (SSSR count). The molecule has 1 aliphatic heterocycles. The van der Waals surface area contributed by atoms with E-state index in [9.17, 15) is 4.79 Å². The Hall–Kier alpha value is -3.07. The normalized spacial score (nSPS) is 25.2.